The smallest absolute Gasteiger partial charge is 0.490 e. The molecule has 92 valence electrons. The maximum Gasteiger partial charge on any atom is 0.490 e. The summed E-state index contributed by atoms with van der Waals surface area (Å²) >= 11 is 0. The minimum atomic E-state index is -1.50. The number of ether oxygens (including phenoxy) is 1. The molecule has 0 aliphatic carbocycles. The second-order valence-corrected chi connectivity index (χ2v) is 3.81. The molecule has 17 heavy (non-hydrogen) atoms. The molecule has 0 saturated heterocycles. The van der Waals surface area contributed by atoms with Crippen LogP contribution in [0.25, 0.3) is 0 Å². The Morgan fingerprint density at radius 1 is 1.29 bits per heavy atom. The lowest BCUT2D eigenvalue weighted by molar-refractivity contribution is 0.304. The first kappa shape index (κ1) is 13.7. The second kappa shape index (κ2) is 7.87. The van der Waals surface area contributed by atoms with Gasteiger partial charge in [-0.2, -0.15) is 0 Å². The highest BCUT2D eigenvalue weighted by molar-refractivity contribution is 6.58. The summed E-state index contributed by atoms with van der Waals surface area (Å²) in [5, 5.41) is 17.9. The Bertz CT molecular complexity index is 344. The zero-order valence-electron chi connectivity index (χ0n) is 9.88. The van der Waals surface area contributed by atoms with Gasteiger partial charge in [0.15, 0.2) is 0 Å². The van der Waals surface area contributed by atoms with Gasteiger partial charge < -0.3 is 14.8 Å². The second-order valence-electron chi connectivity index (χ2n) is 3.81. The maximum absolute atomic E-state index is 8.97. The third-order valence-corrected chi connectivity index (χ3v) is 2.35. The first-order valence-corrected chi connectivity index (χ1v) is 5.79. The fourth-order valence-electron chi connectivity index (χ4n) is 1.41. The van der Waals surface area contributed by atoms with E-state index >= 15 is 0 Å². The Morgan fingerprint density at radius 2 is 2.12 bits per heavy atom. The van der Waals surface area contributed by atoms with Crippen molar-refractivity contribution in [1.29, 1.82) is 0 Å². The van der Waals surface area contributed by atoms with E-state index in [0.29, 0.717) is 17.8 Å². The number of pyridine rings is 1. The van der Waals surface area contributed by atoms with E-state index in [9.17, 15) is 0 Å². The largest absolute Gasteiger partial charge is 0.492 e. The summed E-state index contributed by atoms with van der Waals surface area (Å²) in [7, 11) is -1.50. The van der Waals surface area contributed by atoms with E-state index in [1.165, 1.54) is 6.20 Å². The van der Waals surface area contributed by atoms with Gasteiger partial charge in [0.25, 0.3) is 0 Å². The van der Waals surface area contributed by atoms with Crippen molar-refractivity contribution >= 4 is 12.6 Å². The summed E-state index contributed by atoms with van der Waals surface area (Å²) in [6.45, 7) is 4.28. The van der Waals surface area contributed by atoms with E-state index in [1.54, 1.807) is 12.3 Å². The number of unbranched alkanes of at least 4 members (excludes halogenated alkanes) is 3. The van der Waals surface area contributed by atoms with Gasteiger partial charge >= 0.3 is 7.12 Å². The summed E-state index contributed by atoms with van der Waals surface area (Å²) in [6.07, 6.45) is 9.11. The maximum atomic E-state index is 8.97. The Balaban J connectivity index is 2.26. The molecule has 0 spiro atoms. The average Bonchev–Trinajstić information content (AvgIpc) is 2.34. The Labute approximate surface area is 102 Å². The van der Waals surface area contributed by atoms with Gasteiger partial charge in [-0.15, -0.1) is 6.58 Å². The zero-order valence-corrected chi connectivity index (χ0v) is 9.88. The lowest BCUT2D eigenvalue weighted by atomic mass is 9.82. The van der Waals surface area contributed by atoms with Gasteiger partial charge in [-0.05, 0) is 31.7 Å². The van der Waals surface area contributed by atoms with Crippen LogP contribution in [-0.2, 0) is 0 Å². The molecule has 0 atom stereocenters. The Kier molecular flexibility index (Phi) is 6.36. The Hall–Kier alpha value is -1.33. The molecular formula is C12H18BNO3. The number of hydrogen-bond donors (Lipinski definition) is 2. The lowest BCUT2D eigenvalue weighted by Gasteiger charge is -2.06. The number of allylic oxidation sites excluding steroid dienone is 1. The van der Waals surface area contributed by atoms with Crippen LogP contribution in [-0.4, -0.2) is 28.8 Å². The molecule has 0 unspecified atom stereocenters. The molecule has 5 heteroatoms. The van der Waals surface area contributed by atoms with Gasteiger partial charge in [-0.1, -0.05) is 6.08 Å². The fourth-order valence-corrected chi connectivity index (χ4v) is 1.41. The van der Waals surface area contributed by atoms with E-state index in [2.05, 4.69) is 11.6 Å². The zero-order chi connectivity index (χ0) is 12.5. The number of nitrogens with zero attached hydrogens (tertiary/aromatic N) is 1. The highest BCUT2D eigenvalue weighted by Crippen LogP contribution is 2.07. The van der Waals surface area contributed by atoms with Crippen molar-refractivity contribution in [2.24, 2.45) is 0 Å². The molecule has 0 fully saturated rings. The SMILES string of the molecule is C=CCCCCCOc1cncc(B(O)O)c1. The molecule has 1 rings (SSSR count). The quantitative estimate of drug-likeness (QED) is 0.399. The van der Waals surface area contributed by atoms with Crippen molar-refractivity contribution in [3.05, 3.63) is 31.1 Å². The molecule has 0 amide bonds. The minimum Gasteiger partial charge on any atom is -0.492 e. The molecule has 0 bridgehead atoms. The van der Waals surface area contributed by atoms with Crippen LogP contribution in [0.1, 0.15) is 25.7 Å². The van der Waals surface area contributed by atoms with Crippen LogP contribution in [0.2, 0.25) is 0 Å². The van der Waals surface area contributed by atoms with E-state index in [4.69, 9.17) is 14.8 Å². The third kappa shape index (κ3) is 5.52. The van der Waals surface area contributed by atoms with Gasteiger partial charge in [0.2, 0.25) is 0 Å². The molecule has 0 radical (unpaired) electrons. The Morgan fingerprint density at radius 3 is 2.82 bits per heavy atom. The monoisotopic (exact) mass is 235 g/mol. The first-order valence-electron chi connectivity index (χ1n) is 5.79. The lowest BCUT2D eigenvalue weighted by Crippen LogP contribution is -2.30. The molecule has 1 heterocycles. The van der Waals surface area contributed by atoms with Crippen molar-refractivity contribution in [1.82, 2.24) is 4.98 Å². The van der Waals surface area contributed by atoms with Gasteiger partial charge in [0.1, 0.15) is 5.75 Å². The van der Waals surface area contributed by atoms with E-state index in [1.807, 2.05) is 6.08 Å². The van der Waals surface area contributed by atoms with Crippen molar-refractivity contribution in [3.8, 4) is 5.75 Å². The number of rotatable bonds is 8. The molecule has 1 aromatic heterocycles. The summed E-state index contributed by atoms with van der Waals surface area (Å²) in [5.41, 5.74) is 0.342. The van der Waals surface area contributed by atoms with Crippen LogP contribution < -0.4 is 10.2 Å². The third-order valence-electron chi connectivity index (χ3n) is 2.35. The molecule has 0 saturated carbocycles. The van der Waals surface area contributed by atoms with E-state index in [-0.39, 0.29) is 0 Å². The van der Waals surface area contributed by atoms with Crippen molar-refractivity contribution < 1.29 is 14.8 Å². The van der Waals surface area contributed by atoms with Crippen molar-refractivity contribution in [2.45, 2.75) is 25.7 Å². The summed E-state index contributed by atoms with van der Waals surface area (Å²) in [5.74, 6) is 0.569. The average molecular weight is 235 g/mol. The normalized spacial score (nSPS) is 10.0. The summed E-state index contributed by atoms with van der Waals surface area (Å²) < 4.78 is 5.47. The van der Waals surface area contributed by atoms with Gasteiger partial charge in [-0.3, -0.25) is 4.98 Å². The van der Waals surface area contributed by atoms with Crippen LogP contribution >= 0.6 is 0 Å². The molecule has 1 aromatic rings. The minimum absolute atomic E-state index is 0.342. The standard InChI is InChI=1S/C12H18BNO3/c1-2-3-4-5-6-7-17-12-8-11(13(15)16)9-14-10-12/h2,8-10,15-16H,1,3-7H2. The van der Waals surface area contributed by atoms with Crippen LogP contribution in [0.5, 0.6) is 5.75 Å². The number of hydrogen-bond acceptors (Lipinski definition) is 4. The molecule has 0 aromatic carbocycles. The highest BCUT2D eigenvalue weighted by Gasteiger charge is 2.11. The van der Waals surface area contributed by atoms with Crippen LogP contribution in [0.15, 0.2) is 31.1 Å². The molecule has 4 nitrogen and oxygen atoms in total. The van der Waals surface area contributed by atoms with E-state index < -0.39 is 7.12 Å². The topological polar surface area (TPSA) is 62.6 Å². The van der Waals surface area contributed by atoms with Crippen LogP contribution in [0, 0.1) is 0 Å². The van der Waals surface area contributed by atoms with Crippen LogP contribution in [0.3, 0.4) is 0 Å². The molecule has 0 aliphatic rings. The summed E-state index contributed by atoms with van der Waals surface area (Å²) in [6, 6.07) is 1.58. The predicted octanol–water partition coefficient (Wildman–Crippen LogP) is 0.887. The first-order chi connectivity index (χ1) is 8.24. The molecule has 0 aliphatic heterocycles. The van der Waals surface area contributed by atoms with Crippen molar-refractivity contribution in [2.75, 3.05) is 6.61 Å². The van der Waals surface area contributed by atoms with Gasteiger partial charge in [0.05, 0.1) is 12.8 Å². The molecular weight excluding hydrogens is 217 g/mol. The van der Waals surface area contributed by atoms with Crippen LogP contribution in [0.4, 0.5) is 0 Å². The molecule has 2 N–H and O–H groups in total. The number of aromatic nitrogens is 1. The summed E-state index contributed by atoms with van der Waals surface area (Å²) in [4.78, 5) is 3.88. The fraction of sp³-hybridized carbons (Fsp3) is 0.417. The predicted molar refractivity (Wildman–Crippen MR) is 68.2 cm³/mol. The van der Waals surface area contributed by atoms with Gasteiger partial charge in [-0.25, -0.2) is 0 Å². The van der Waals surface area contributed by atoms with E-state index in [0.717, 1.165) is 25.7 Å². The van der Waals surface area contributed by atoms with Gasteiger partial charge in [0, 0.05) is 11.7 Å². The van der Waals surface area contributed by atoms with Crippen molar-refractivity contribution in [3.63, 3.8) is 0 Å². The highest BCUT2D eigenvalue weighted by atomic mass is 16.5.